The van der Waals surface area contributed by atoms with E-state index >= 15 is 0 Å². The van der Waals surface area contributed by atoms with Gasteiger partial charge in [-0.1, -0.05) is 12.1 Å². The van der Waals surface area contributed by atoms with E-state index in [0.717, 1.165) is 5.56 Å². The molecule has 1 aromatic carbocycles. The number of hydrogen-bond donors (Lipinski definition) is 1. The second-order valence-corrected chi connectivity index (χ2v) is 7.90. The number of ether oxygens (including phenoxy) is 1. The van der Waals surface area contributed by atoms with Crippen LogP contribution in [0.25, 0.3) is 11.3 Å². The highest BCUT2D eigenvalue weighted by atomic mass is 35.5. The molecular formula is C19H18Cl2N2O4. The summed E-state index contributed by atoms with van der Waals surface area (Å²) >= 11 is 11.9. The maximum Gasteiger partial charge on any atom is 0.338 e. The molecule has 0 bridgehead atoms. The van der Waals surface area contributed by atoms with E-state index in [0.29, 0.717) is 30.1 Å². The van der Waals surface area contributed by atoms with Gasteiger partial charge >= 0.3 is 5.97 Å². The summed E-state index contributed by atoms with van der Waals surface area (Å²) in [4.78, 5) is 23.7. The van der Waals surface area contributed by atoms with E-state index in [-0.39, 0.29) is 11.9 Å². The SMILES string of the molecule is CCOC(=O)c1ccc(-c2ccc(/C=N\NC(=O)[C@@]3(C)CC3(Cl)Cl)o2)cc1. The summed E-state index contributed by atoms with van der Waals surface area (Å²) in [6, 6.07) is 10.4. The smallest absolute Gasteiger partial charge is 0.338 e. The molecule has 3 rings (SSSR count). The van der Waals surface area contributed by atoms with E-state index in [1.165, 1.54) is 6.21 Å². The van der Waals surface area contributed by atoms with Crippen molar-refractivity contribution in [3.63, 3.8) is 0 Å². The van der Waals surface area contributed by atoms with Crippen molar-refractivity contribution in [3.8, 4) is 11.3 Å². The predicted molar refractivity (Wildman–Crippen MR) is 103 cm³/mol. The van der Waals surface area contributed by atoms with Crippen molar-refractivity contribution in [2.24, 2.45) is 10.5 Å². The Balaban J connectivity index is 1.61. The van der Waals surface area contributed by atoms with Gasteiger partial charge < -0.3 is 9.15 Å². The van der Waals surface area contributed by atoms with Crippen LogP contribution in [0.4, 0.5) is 0 Å². The van der Waals surface area contributed by atoms with Crippen LogP contribution in [0.1, 0.15) is 36.4 Å². The molecule has 1 fully saturated rings. The van der Waals surface area contributed by atoms with E-state index in [2.05, 4.69) is 10.5 Å². The number of carbonyl (C=O) groups is 2. The number of nitrogens with zero attached hydrogens (tertiary/aromatic N) is 1. The van der Waals surface area contributed by atoms with Crippen LogP contribution >= 0.6 is 23.2 Å². The van der Waals surface area contributed by atoms with Crippen molar-refractivity contribution in [1.29, 1.82) is 0 Å². The number of hydrazone groups is 1. The van der Waals surface area contributed by atoms with Crippen molar-refractivity contribution < 1.29 is 18.7 Å². The number of carbonyl (C=O) groups excluding carboxylic acids is 2. The zero-order chi connectivity index (χ0) is 19.7. The molecule has 6 nitrogen and oxygen atoms in total. The number of alkyl halides is 2. The number of esters is 1. The minimum absolute atomic E-state index is 0.327. The fourth-order valence-corrected chi connectivity index (χ4v) is 3.19. The summed E-state index contributed by atoms with van der Waals surface area (Å²) in [6.07, 6.45) is 1.78. The quantitative estimate of drug-likeness (QED) is 0.336. The molecule has 1 saturated carbocycles. The zero-order valence-corrected chi connectivity index (χ0v) is 16.3. The van der Waals surface area contributed by atoms with Crippen molar-refractivity contribution in [2.45, 2.75) is 24.6 Å². The Morgan fingerprint density at radius 2 is 1.93 bits per heavy atom. The average Bonchev–Trinajstić information content (AvgIpc) is 2.98. The predicted octanol–water partition coefficient (Wildman–Crippen LogP) is 4.16. The van der Waals surface area contributed by atoms with E-state index < -0.39 is 9.75 Å². The van der Waals surface area contributed by atoms with E-state index in [1.807, 2.05) is 0 Å². The molecule has 1 aromatic heterocycles. The highest BCUT2D eigenvalue weighted by Crippen LogP contribution is 2.63. The van der Waals surface area contributed by atoms with Crippen molar-refractivity contribution in [1.82, 2.24) is 5.43 Å². The maximum atomic E-state index is 12.0. The van der Waals surface area contributed by atoms with E-state index in [4.69, 9.17) is 32.4 Å². The fraction of sp³-hybridized carbons (Fsp3) is 0.316. The molecule has 8 heteroatoms. The van der Waals surface area contributed by atoms with Gasteiger partial charge in [0.15, 0.2) is 0 Å². The molecule has 0 radical (unpaired) electrons. The molecule has 0 unspecified atom stereocenters. The fourth-order valence-electron chi connectivity index (χ4n) is 2.49. The third-order valence-electron chi connectivity index (χ3n) is 4.42. The molecule has 1 aliphatic carbocycles. The second-order valence-electron chi connectivity index (χ2n) is 6.41. The lowest BCUT2D eigenvalue weighted by Gasteiger charge is -2.08. The Morgan fingerprint density at radius 1 is 1.26 bits per heavy atom. The van der Waals surface area contributed by atoms with E-state index in [1.54, 1.807) is 50.2 Å². The number of halogens is 2. The Morgan fingerprint density at radius 3 is 2.52 bits per heavy atom. The first-order valence-electron chi connectivity index (χ1n) is 8.35. The summed E-state index contributed by atoms with van der Waals surface area (Å²) in [5, 5.41) is 3.88. The van der Waals surface area contributed by atoms with Gasteiger partial charge in [0, 0.05) is 5.56 Å². The maximum absolute atomic E-state index is 12.0. The van der Waals surface area contributed by atoms with Crippen molar-refractivity contribution in [3.05, 3.63) is 47.7 Å². The van der Waals surface area contributed by atoms with Crippen LogP contribution in [0.15, 0.2) is 45.9 Å². The summed E-state index contributed by atoms with van der Waals surface area (Å²) in [6.45, 7) is 3.77. The molecule has 1 heterocycles. The van der Waals surface area contributed by atoms with Crippen molar-refractivity contribution >= 4 is 41.3 Å². The molecule has 2 aromatic rings. The summed E-state index contributed by atoms with van der Waals surface area (Å²) < 4.78 is 9.58. The molecule has 0 aliphatic heterocycles. The zero-order valence-electron chi connectivity index (χ0n) is 14.8. The molecule has 27 heavy (non-hydrogen) atoms. The lowest BCUT2D eigenvalue weighted by molar-refractivity contribution is -0.125. The molecule has 0 saturated heterocycles. The van der Waals surface area contributed by atoms with Crippen molar-refractivity contribution in [2.75, 3.05) is 6.61 Å². The topological polar surface area (TPSA) is 80.9 Å². The molecule has 0 spiro atoms. The lowest BCUT2D eigenvalue weighted by Crippen LogP contribution is -2.29. The van der Waals surface area contributed by atoms with Gasteiger partial charge in [-0.05, 0) is 44.5 Å². The number of nitrogens with one attached hydrogen (secondary N) is 1. The molecular weight excluding hydrogens is 391 g/mol. The third kappa shape index (κ3) is 4.01. The summed E-state index contributed by atoms with van der Waals surface area (Å²) in [5.74, 6) is 0.357. The van der Waals surface area contributed by atoms with Gasteiger partial charge in [-0.2, -0.15) is 5.10 Å². The number of amides is 1. The number of rotatable bonds is 6. The number of furan rings is 1. The third-order valence-corrected chi connectivity index (χ3v) is 5.53. The highest BCUT2D eigenvalue weighted by Gasteiger charge is 2.68. The monoisotopic (exact) mass is 408 g/mol. The second kappa shape index (κ2) is 7.37. The van der Waals surface area contributed by atoms with Crippen LogP contribution in [0.5, 0.6) is 0 Å². The Labute approximate surface area is 166 Å². The minimum atomic E-state index is -1.04. The first-order chi connectivity index (χ1) is 12.8. The Kier molecular flexibility index (Phi) is 5.31. The van der Waals surface area contributed by atoms with Crippen LogP contribution in [-0.4, -0.2) is 29.0 Å². The summed E-state index contributed by atoms with van der Waals surface area (Å²) in [5.41, 5.74) is 2.86. The van der Waals surface area contributed by atoms with Gasteiger partial charge in [0.25, 0.3) is 0 Å². The van der Waals surface area contributed by atoms with Gasteiger partial charge in [0.05, 0.1) is 23.8 Å². The Hall–Kier alpha value is -2.31. The highest BCUT2D eigenvalue weighted by molar-refractivity contribution is 6.53. The minimum Gasteiger partial charge on any atom is -0.462 e. The largest absolute Gasteiger partial charge is 0.462 e. The van der Waals surface area contributed by atoms with Gasteiger partial charge in [-0.15, -0.1) is 23.2 Å². The van der Waals surface area contributed by atoms with Crippen LogP contribution in [0.2, 0.25) is 0 Å². The first-order valence-corrected chi connectivity index (χ1v) is 9.11. The van der Waals surface area contributed by atoms with Crippen LogP contribution in [-0.2, 0) is 9.53 Å². The molecule has 1 N–H and O–H groups in total. The van der Waals surface area contributed by atoms with Crippen LogP contribution in [0.3, 0.4) is 0 Å². The van der Waals surface area contributed by atoms with Gasteiger partial charge in [0.1, 0.15) is 15.9 Å². The normalized spacial score (nSPS) is 20.4. The standard InChI is InChI=1S/C19H18Cl2N2O4/c1-3-26-16(24)13-6-4-12(5-7-13)15-9-8-14(27-15)10-22-23-17(25)18(2)11-19(18,20)21/h4-10H,3,11H2,1-2H3,(H,23,25)/b22-10-/t18-/m1/s1. The molecule has 1 aliphatic rings. The summed E-state index contributed by atoms with van der Waals surface area (Å²) in [7, 11) is 0. The Bertz CT molecular complexity index is 889. The lowest BCUT2D eigenvalue weighted by atomic mass is 10.1. The number of benzene rings is 1. The van der Waals surface area contributed by atoms with E-state index in [9.17, 15) is 9.59 Å². The number of hydrogen-bond acceptors (Lipinski definition) is 5. The first kappa shape index (κ1) is 19.5. The average molecular weight is 409 g/mol. The van der Waals surface area contributed by atoms with Gasteiger partial charge in [0.2, 0.25) is 5.91 Å². The van der Waals surface area contributed by atoms with Crippen LogP contribution in [0, 0.1) is 5.41 Å². The molecule has 142 valence electrons. The van der Waals surface area contributed by atoms with Crippen LogP contribution < -0.4 is 5.43 Å². The van der Waals surface area contributed by atoms with Gasteiger partial charge in [-0.25, -0.2) is 10.2 Å². The molecule has 1 amide bonds. The molecule has 1 atom stereocenters. The van der Waals surface area contributed by atoms with Gasteiger partial charge in [-0.3, -0.25) is 4.79 Å².